The smallest absolute Gasteiger partial charge is 0.242 e. The van der Waals surface area contributed by atoms with Crippen LogP contribution in [-0.2, 0) is 18.4 Å². The second kappa shape index (κ2) is 10.1. The molecule has 0 radical (unpaired) electrons. The summed E-state index contributed by atoms with van der Waals surface area (Å²) in [6, 6.07) is 3.40. The van der Waals surface area contributed by atoms with E-state index >= 15 is 0 Å². The van der Waals surface area contributed by atoms with Crippen LogP contribution in [0, 0.1) is 0 Å². The topological polar surface area (TPSA) is 75.1 Å². The van der Waals surface area contributed by atoms with E-state index in [-0.39, 0.29) is 30.7 Å². The highest BCUT2D eigenvalue weighted by Gasteiger charge is 2.20. The van der Waals surface area contributed by atoms with Gasteiger partial charge in [0.25, 0.3) is 0 Å². The lowest BCUT2D eigenvalue weighted by atomic mass is 10.1. The number of likely N-dealkylation sites (N-methyl/N-ethyl adjacent to an activating group) is 1. The summed E-state index contributed by atoms with van der Waals surface area (Å²) in [6.45, 7) is 0.429. The number of rotatable bonds is 6. The van der Waals surface area contributed by atoms with E-state index in [0.717, 1.165) is 16.9 Å². The SMILES string of the molecule is CNC(C(=O)NCc1cccnc1N(C)C)c1cnn(C)c1.Cl.Cl. The van der Waals surface area contributed by atoms with Crippen molar-refractivity contribution in [3.8, 4) is 0 Å². The van der Waals surface area contributed by atoms with Crippen LogP contribution < -0.4 is 15.5 Å². The molecule has 9 heteroatoms. The maximum atomic E-state index is 12.4. The van der Waals surface area contributed by atoms with Gasteiger partial charge in [0.2, 0.25) is 5.91 Å². The highest BCUT2D eigenvalue weighted by Crippen LogP contribution is 2.15. The van der Waals surface area contributed by atoms with E-state index in [1.807, 2.05) is 44.4 Å². The van der Waals surface area contributed by atoms with E-state index in [2.05, 4.69) is 20.7 Å². The molecule has 1 atom stereocenters. The Labute approximate surface area is 154 Å². The lowest BCUT2D eigenvalue weighted by Gasteiger charge is -2.18. The van der Waals surface area contributed by atoms with Gasteiger partial charge in [-0.05, 0) is 13.1 Å². The third-order valence-electron chi connectivity index (χ3n) is 3.35. The lowest BCUT2D eigenvalue weighted by Crippen LogP contribution is -2.35. The zero-order chi connectivity index (χ0) is 16.1. The summed E-state index contributed by atoms with van der Waals surface area (Å²) in [7, 11) is 7.44. The largest absolute Gasteiger partial charge is 0.362 e. The van der Waals surface area contributed by atoms with Gasteiger partial charge in [-0.3, -0.25) is 9.48 Å². The van der Waals surface area contributed by atoms with Gasteiger partial charge in [0.15, 0.2) is 0 Å². The van der Waals surface area contributed by atoms with Gasteiger partial charge in [-0.25, -0.2) is 4.98 Å². The molecule has 2 rings (SSSR count). The Hall–Kier alpha value is -1.83. The van der Waals surface area contributed by atoms with Crippen molar-refractivity contribution in [2.75, 3.05) is 26.0 Å². The Bertz CT molecular complexity index is 646. The van der Waals surface area contributed by atoms with Crippen LogP contribution in [0.5, 0.6) is 0 Å². The summed E-state index contributed by atoms with van der Waals surface area (Å²) in [5.74, 6) is 0.759. The molecule has 0 saturated carbocycles. The van der Waals surface area contributed by atoms with Crippen molar-refractivity contribution in [2.45, 2.75) is 12.6 Å². The number of carbonyl (C=O) groups is 1. The third-order valence-corrected chi connectivity index (χ3v) is 3.35. The molecule has 0 fully saturated rings. The van der Waals surface area contributed by atoms with Crippen LogP contribution in [0.25, 0.3) is 0 Å². The molecule has 134 valence electrons. The number of nitrogens with zero attached hydrogens (tertiary/aromatic N) is 4. The van der Waals surface area contributed by atoms with Crippen molar-refractivity contribution < 1.29 is 4.79 Å². The number of pyridine rings is 1. The molecule has 1 unspecified atom stereocenters. The Kier molecular flexibility index (Phi) is 9.35. The fraction of sp³-hybridized carbons (Fsp3) is 0.400. The van der Waals surface area contributed by atoms with E-state index < -0.39 is 6.04 Å². The number of anilines is 1. The summed E-state index contributed by atoms with van der Waals surface area (Å²) < 4.78 is 1.68. The van der Waals surface area contributed by atoms with Crippen LogP contribution in [0.3, 0.4) is 0 Å². The molecule has 2 aromatic rings. The molecule has 1 amide bonds. The summed E-state index contributed by atoms with van der Waals surface area (Å²) in [6.07, 6.45) is 5.26. The Balaban J connectivity index is 0.00000264. The molecule has 0 aliphatic carbocycles. The molecule has 0 spiro atoms. The average Bonchev–Trinajstić information content (AvgIpc) is 2.92. The van der Waals surface area contributed by atoms with Crippen LogP contribution in [0.2, 0.25) is 0 Å². The predicted octanol–water partition coefficient (Wildman–Crippen LogP) is 1.30. The lowest BCUT2D eigenvalue weighted by molar-refractivity contribution is -0.123. The molecule has 0 aromatic carbocycles. The Morgan fingerprint density at radius 2 is 2.08 bits per heavy atom. The Morgan fingerprint density at radius 1 is 1.38 bits per heavy atom. The van der Waals surface area contributed by atoms with Crippen molar-refractivity contribution >= 4 is 36.5 Å². The van der Waals surface area contributed by atoms with E-state index in [9.17, 15) is 4.79 Å². The van der Waals surface area contributed by atoms with Gasteiger partial charge in [0.1, 0.15) is 11.9 Å². The molecule has 2 N–H and O–H groups in total. The molecular formula is C15H24Cl2N6O. The minimum Gasteiger partial charge on any atom is -0.362 e. The molecular weight excluding hydrogens is 351 g/mol. The quantitative estimate of drug-likeness (QED) is 0.796. The van der Waals surface area contributed by atoms with Crippen LogP contribution in [0.1, 0.15) is 17.2 Å². The highest BCUT2D eigenvalue weighted by molar-refractivity contribution is 5.85. The number of carbonyl (C=O) groups excluding carboxylic acids is 1. The van der Waals surface area contributed by atoms with E-state index in [4.69, 9.17) is 0 Å². The normalized spacial score (nSPS) is 11.0. The Morgan fingerprint density at radius 3 is 2.62 bits per heavy atom. The molecule has 7 nitrogen and oxygen atoms in total. The van der Waals surface area contributed by atoms with Crippen molar-refractivity contribution in [3.63, 3.8) is 0 Å². The van der Waals surface area contributed by atoms with Crippen LogP contribution >= 0.6 is 24.8 Å². The predicted molar refractivity (Wildman–Crippen MR) is 99.9 cm³/mol. The molecule has 0 aliphatic heterocycles. The van der Waals surface area contributed by atoms with E-state index in [1.165, 1.54) is 0 Å². The van der Waals surface area contributed by atoms with Gasteiger partial charge >= 0.3 is 0 Å². The van der Waals surface area contributed by atoms with Gasteiger partial charge in [-0.2, -0.15) is 5.10 Å². The van der Waals surface area contributed by atoms with Gasteiger partial charge in [-0.1, -0.05) is 6.07 Å². The highest BCUT2D eigenvalue weighted by atomic mass is 35.5. The first-order valence-corrected chi connectivity index (χ1v) is 7.07. The van der Waals surface area contributed by atoms with Crippen LogP contribution in [-0.4, -0.2) is 41.8 Å². The van der Waals surface area contributed by atoms with Crippen LogP contribution in [0.15, 0.2) is 30.7 Å². The van der Waals surface area contributed by atoms with Crippen molar-refractivity contribution in [1.82, 2.24) is 25.4 Å². The zero-order valence-corrected chi connectivity index (χ0v) is 15.8. The zero-order valence-electron chi connectivity index (χ0n) is 14.2. The molecule has 2 heterocycles. The average molecular weight is 375 g/mol. The number of amides is 1. The number of hydrogen-bond acceptors (Lipinski definition) is 5. The monoisotopic (exact) mass is 374 g/mol. The van der Waals surface area contributed by atoms with Crippen molar-refractivity contribution in [2.24, 2.45) is 7.05 Å². The number of halogens is 2. The first-order chi connectivity index (χ1) is 10.5. The van der Waals surface area contributed by atoms with Gasteiger partial charge in [0.05, 0.1) is 6.20 Å². The molecule has 24 heavy (non-hydrogen) atoms. The summed E-state index contributed by atoms with van der Waals surface area (Å²) >= 11 is 0. The van der Waals surface area contributed by atoms with E-state index in [1.54, 1.807) is 24.1 Å². The number of nitrogens with one attached hydrogen (secondary N) is 2. The summed E-state index contributed by atoms with van der Waals surface area (Å²) in [4.78, 5) is 18.7. The standard InChI is InChI=1S/C15H22N6O.2ClH/c1-16-13(12-9-19-21(4)10-12)15(22)18-8-11-6-5-7-17-14(11)20(2)3;;/h5-7,9-10,13,16H,8H2,1-4H3,(H,18,22);2*1H. The minimum atomic E-state index is -0.423. The van der Waals surface area contributed by atoms with Gasteiger partial charge in [0, 0.05) is 51.2 Å². The minimum absolute atomic E-state index is 0. The third kappa shape index (κ3) is 5.36. The summed E-state index contributed by atoms with van der Waals surface area (Å²) in [5.41, 5.74) is 1.81. The summed E-state index contributed by atoms with van der Waals surface area (Å²) in [5, 5.41) is 10.1. The van der Waals surface area contributed by atoms with Crippen molar-refractivity contribution in [1.29, 1.82) is 0 Å². The van der Waals surface area contributed by atoms with Gasteiger partial charge in [-0.15, -0.1) is 24.8 Å². The maximum absolute atomic E-state index is 12.4. The number of aromatic nitrogens is 3. The fourth-order valence-electron chi connectivity index (χ4n) is 2.29. The second-order valence-electron chi connectivity index (χ2n) is 5.27. The van der Waals surface area contributed by atoms with Crippen molar-refractivity contribution in [3.05, 3.63) is 41.9 Å². The molecule has 0 bridgehead atoms. The molecule has 0 aliphatic rings. The first kappa shape index (κ1) is 22.2. The second-order valence-corrected chi connectivity index (χ2v) is 5.27. The fourth-order valence-corrected chi connectivity index (χ4v) is 2.29. The van der Waals surface area contributed by atoms with Crippen LogP contribution in [0.4, 0.5) is 5.82 Å². The van der Waals surface area contributed by atoms with E-state index in [0.29, 0.717) is 6.54 Å². The number of aryl methyl sites for hydroxylation is 1. The maximum Gasteiger partial charge on any atom is 0.242 e. The molecule has 2 aromatic heterocycles. The van der Waals surface area contributed by atoms with Gasteiger partial charge < -0.3 is 15.5 Å². The first-order valence-electron chi connectivity index (χ1n) is 7.07. The number of hydrogen-bond donors (Lipinski definition) is 2. The molecule has 0 saturated heterocycles.